The van der Waals surface area contributed by atoms with Crippen molar-refractivity contribution in [3.63, 3.8) is 0 Å². The smallest absolute Gasteiger partial charge is 0.241 e. The van der Waals surface area contributed by atoms with E-state index in [9.17, 15) is 4.79 Å². The molecule has 1 aromatic carbocycles. The molecule has 0 aliphatic heterocycles. The summed E-state index contributed by atoms with van der Waals surface area (Å²) in [5, 5.41) is 8.62. The summed E-state index contributed by atoms with van der Waals surface area (Å²) in [4.78, 5) is 19.4. The van der Waals surface area contributed by atoms with Gasteiger partial charge in [-0.25, -0.2) is 4.99 Å². The van der Waals surface area contributed by atoms with E-state index in [4.69, 9.17) is 0 Å². The number of nitrogens with one attached hydrogen (secondary N) is 2. The highest BCUT2D eigenvalue weighted by Crippen LogP contribution is 2.26. The fourth-order valence-electron chi connectivity index (χ4n) is 2.30. The van der Waals surface area contributed by atoms with Gasteiger partial charge in [-0.3, -0.25) is 4.79 Å². The summed E-state index contributed by atoms with van der Waals surface area (Å²) in [6, 6.07) is 14.3. The Morgan fingerprint density at radius 1 is 1.12 bits per heavy atom. The highest BCUT2D eigenvalue weighted by atomic mass is 32.1. The summed E-state index contributed by atoms with van der Waals surface area (Å²) >= 11 is 1.75. The van der Waals surface area contributed by atoms with E-state index in [1.807, 2.05) is 30.3 Å². The first kappa shape index (κ1) is 20.0. The number of carbonyl (C=O) groups is 1. The topological polar surface area (TPSA) is 56.7 Å². The van der Waals surface area contributed by atoms with Crippen LogP contribution < -0.4 is 10.6 Å². The lowest BCUT2D eigenvalue weighted by molar-refractivity contribution is -0.127. The minimum atomic E-state index is -0.0189. The number of thiophene rings is 1. The Hall–Kier alpha value is -2.34. The minimum absolute atomic E-state index is 0.0109. The van der Waals surface area contributed by atoms with Gasteiger partial charge in [-0.15, -0.1) is 11.3 Å². The van der Waals surface area contributed by atoms with Crippen molar-refractivity contribution in [3.05, 3.63) is 58.3 Å². The zero-order valence-electron chi connectivity index (χ0n) is 16.0. The largest absolute Gasteiger partial charge is 0.355 e. The Kier molecular flexibility index (Phi) is 7.21. The van der Waals surface area contributed by atoms with E-state index in [1.54, 1.807) is 30.3 Å². The Morgan fingerprint density at radius 2 is 1.85 bits per heavy atom. The first-order chi connectivity index (χ1) is 12.4. The second-order valence-corrected chi connectivity index (χ2v) is 7.95. The number of rotatable bonds is 7. The normalized spacial score (nSPS) is 11.9. The molecule has 5 nitrogen and oxygen atoms in total. The van der Waals surface area contributed by atoms with Gasteiger partial charge in [-0.05, 0) is 17.0 Å². The number of likely N-dealkylation sites (N-methyl/N-ethyl adjacent to an activating group) is 1. The predicted molar refractivity (Wildman–Crippen MR) is 110 cm³/mol. The van der Waals surface area contributed by atoms with Crippen LogP contribution in [-0.4, -0.2) is 44.0 Å². The average molecular weight is 373 g/mol. The van der Waals surface area contributed by atoms with Gasteiger partial charge in [0, 0.05) is 30.9 Å². The minimum Gasteiger partial charge on any atom is -0.355 e. The van der Waals surface area contributed by atoms with E-state index in [0.717, 1.165) is 12.1 Å². The molecule has 26 heavy (non-hydrogen) atoms. The van der Waals surface area contributed by atoms with Gasteiger partial charge in [0.1, 0.15) is 0 Å². The first-order valence-corrected chi connectivity index (χ1v) is 9.57. The summed E-state index contributed by atoms with van der Waals surface area (Å²) < 4.78 is 0. The van der Waals surface area contributed by atoms with Crippen LogP contribution in [0, 0.1) is 0 Å². The number of amides is 1. The molecule has 0 aliphatic carbocycles. The molecule has 1 amide bonds. The van der Waals surface area contributed by atoms with Gasteiger partial charge in [0.2, 0.25) is 5.91 Å². The molecule has 2 aromatic rings. The molecule has 0 saturated carbocycles. The lowest BCUT2D eigenvalue weighted by Crippen LogP contribution is -2.46. The van der Waals surface area contributed by atoms with Crippen molar-refractivity contribution in [2.45, 2.75) is 25.8 Å². The molecule has 1 aromatic heterocycles. The summed E-state index contributed by atoms with van der Waals surface area (Å²) in [6.07, 6.45) is 0. The molecule has 0 unspecified atom stereocenters. The van der Waals surface area contributed by atoms with Crippen LogP contribution in [-0.2, 0) is 16.8 Å². The van der Waals surface area contributed by atoms with Crippen LogP contribution in [0.4, 0.5) is 0 Å². The monoisotopic (exact) mass is 372 g/mol. The number of hydrogen-bond donors (Lipinski definition) is 2. The van der Waals surface area contributed by atoms with Gasteiger partial charge < -0.3 is 15.5 Å². The number of carbonyl (C=O) groups excluding carboxylic acids is 1. The quantitative estimate of drug-likeness (QED) is 0.580. The van der Waals surface area contributed by atoms with Gasteiger partial charge >= 0.3 is 0 Å². The number of aliphatic imine (C=N–C) groups is 1. The maximum atomic E-state index is 11.9. The van der Waals surface area contributed by atoms with Gasteiger partial charge in [0.25, 0.3) is 0 Å². The molecule has 6 heteroatoms. The maximum absolute atomic E-state index is 11.9. The van der Waals surface area contributed by atoms with Gasteiger partial charge in [0.05, 0.1) is 13.1 Å². The highest BCUT2D eigenvalue weighted by molar-refractivity contribution is 7.10. The lowest BCUT2D eigenvalue weighted by atomic mass is 9.91. The predicted octanol–water partition coefficient (Wildman–Crippen LogP) is 2.85. The van der Waals surface area contributed by atoms with Crippen LogP contribution in [0.15, 0.2) is 52.8 Å². The fourth-order valence-corrected chi connectivity index (χ4v) is 3.15. The molecule has 0 bridgehead atoms. The molecule has 2 N–H and O–H groups in total. The molecule has 0 aliphatic rings. The molecule has 0 saturated heterocycles. The number of hydrogen-bond acceptors (Lipinski definition) is 3. The molecule has 140 valence electrons. The second-order valence-electron chi connectivity index (χ2n) is 7.01. The summed E-state index contributed by atoms with van der Waals surface area (Å²) in [5.74, 6) is 0.658. The van der Waals surface area contributed by atoms with Gasteiger partial charge in [-0.2, -0.15) is 0 Å². The third-order valence-corrected chi connectivity index (χ3v) is 5.29. The Morgan fingerprint density at radius 3 is 2.46 bits per heavy atom. The summed E-state index contributed by atoms with van der Waals surface area (Å²) in [7, 11) is 3.50. The number of guanidine groups is 1. The fraction of sp³-hybridized carbons (Fsp3) is 0.400. The third-order valence-electron chi connectivity index (χ3n) is 4.05. The molecule has 1 heterocycles. The van der Waals surface area contributed by atoms with Gasteiger partial charge in [-0.1, -0.05) is 50.2 Å². The van der Waals surface area contributed by atoms with Crippen molar-refractivity contribution >= 4 is 23.2 Å². The first-order valence-electron chi connectivity index (χ1n) is 8.69. The van der Waals surface area contributed by atoms with Gasteiger partial charge in [0.15, 0.2) is 5.96 Å². The summed E-state index contributed by atoms with van der Waals surface area (Å²) in [5.41, 5.74) is 1.11. The molecule has 2 rings (SSSR count). The van der Waals surface area contributed by atoms with Crippen molar-refractivity contribution in [3.8, 4) is 0 Å². The SMILES string of the molecule is CN(C)C(=O)CNC(=NCc1ccccc1)NCC(C)(C)c1cccs1. The van der Waals surface area contributed by atoms with E-state index >= 15 is 0 Å². The van der Waals surface area contributed by atoms with Crippen LogP contribution in [0.2, 0.25) is 0 Å². The van der Waals surface area contributed by atoms with Crippen LogP contribution in [0.25, 0.3) is 0 Å². The second kappa shape index (κ2) is 9.38. The van der Waals surface area contributed by atoms with E-state index < -0.39 is 0 Å². The molecular weight excluding hydrogens is 344 g/mol. The van der Waals surface area contributed by atoms with E-state index in [-0.39, 0.29) is 17.9 Å². The van der Waals surface area contributed by atoms with E-state index in [1.165, 1.54) is 4.88 Å². The molecule has 0 fully saturated rings. The van der Waals surface area contributed by atoms with Crippen LogP contribution in [0.3, 0.4) is 0 Å². The van der Waals surface area contributed by atoms with Crippen molar-refractivity contribution in [1.82, 2.24) is 15.5 Å². The molecule has 0 radical (unpaired) electrons. The Labute approximate surface area is 160 Å². The average Bonchev–Trinajstić information content (AvgIpc) is 3.17. The molecule has 0 atom stereocenters. The molecule has 0 spiro atoms. The van der Waals surface area contributed by atoms with Crippen molar-refractivity contribution in [1.29, 1.82) is 0 Å². The van der Waals surface area contributed by atoms with E-state index in [2.05, 4.69) is 47.0 Å². The standard InChI is InChI=1S/C20H28N4OS/c1-20(2,17-11-8-12-26-17)15-23-19(22-14-18(25)24(3)4)21-13-16-9-6-5-7-10-16/h5-12H,13-15H2,1-4H3,(H2,21,22,23). The highest BCUT2D eigenvalue weighted by Gasteiger charge is 2.22. The zero-order chi connectivity index (χ0) is 19.0. The van der Waals surface area contributed by atoms with Crippen LogP contribution in [0.5, 0.6) is 0 Å². The van der Waals surface area contributed by atoms with Crippen LogP contribution >= 0.6 is 11.3 Å². The third kappa shape index (κ3) is 6.19. The number of nitrogens with zero attached hydrogens (tertiary/aromatic N) is 2. The Bertz CT molecular complexity index is 709. The van der Waals surface area contributed by atoms with Crippen molar-refractivity contribution in [2.75, 3.05) is 27.2 Å². The Balaban J connectivity index is 2.03. The summed E-state index contributed by atoms with van der Waals surface area (Å²) in [6.45, 7) is 5.90. The lowest BCUT2D eigenvalue weighted by Gasteiger charge is -2.25. The zero-order valence-corrected chi connectivity index (χ0v) is 16.8. The number of benzene rings is 1. The van der Waals surface area contributed by atoms with Crippen molar-refractivity contribution in [2.24, 2.45) is 4.99 Å². The maximum Gasteiger partial charge on any atom is 0.241 e. The van der Waals surface area contributed by atoms with Crippen LogP contribution in [0.1, 0.15) is 24.3 Å². The molecular formula is C20H28N4OS. The van der Waals surface area contributed by atoms with Crippen molar-refractivity contribution < 1.29 is 4.79 Å². The van der Waals surface area contributed by atoms with E-state index in [0.29, 0.717) is 12.5 Å².